The molecule has 0 aliphatic carbocycles. The number of rotatable bonds is 10. The molecule has 0 aromatic heterocycles. The fraction of sp³-hybridized carbons (Fsp3) is 1.00. The molecule has 2 unspecified atom stereocenters. The van der Waals surface area contributed by atoms with Gasteiger partial charge in [0.15, 0.2) is 0 Å². The largest absolute Gasteiger partial charge is 0.316 e. The van der Waals surface area contributed by atoms with Gasteiger partial charge in [0.1, 0.15) is 0 Å². The molecule has 0 aromatic carbocycles. The summed E-state index contributed by atoms with van der Waals surface area (Å²) in [5.74, 6) is 2.00. The van der Waals surface area contributed by atoms with Crippen LogP contribution in [0.25, 0.3) is 0 Å². The molecule has 1 rings (SSSR count). The SMILES string of the molecule is CCCCCCCC(CCCC)C1CCCNC1. The van der Waals surface area contributed by atoms with Crippen LogP contribution >= 0.6 is 0 Å². The van der Waals surface area contributed by atoms with Crippen LogP contribution in [0.15, 0.2) is 0 Å². The maximum atomic E-state index is 3.60. The average Bonchev–Trinajstić information content (AvgIpc) is 2.43. The predicted octanol–water partition coefficient (Wildman–Crippen LogP) is 5.15. The summed E-state index contributed by atoms with van der Waals surface area (Å²) in [6.07, 6.45) is 15.9. The van der Waals surface area contributed by atoms with E-state index >= 15 is 0 Å². The second-order valence-corrected chi connectivity index (χ2v) is 6.21. The fourth-order valence-electron chi connectivity index (χ4n) is 3.37. The molecule has 0 spiro atoms. The Morgan fingerprint density at radius 1 is 0.944 bits per heavy atom. The molecule has 2 atom stereocenters. The molecular formula is C17H35N. The zero-order chi connectivity index (χ0) is 13.1. The van der Waals surface area contributed by atoms with Gasteiger partial charge in [0.2, 0.25) is 0 Å². The summed E-state index contributed by atoms with van der Waals surface area (Å²) < 4.78 is 0. The third-order valence-corrected chi connectivity index (χ3v) is 4.61. The van der Waals surface area contributed by atoms with Gasteiger partial charge in [-0.3, -0.25) is 0 Å². The van der Waals surface area contributed by atoms with Crippen molar-refractivity contribution < 1.29 is 0 Å². The van der Waals surface area contributed by atoms with Crippen molar-refractivity contribution in [2.75, 3.05) is 13.1 Å². The van der Waals surface area contributed by atoms with E-state index in [2.05, 4.69) is 19.2 Å². The second-order valence-electron chi connectivity index (χ2n) is 6.21. The average molecular weight is 253 g/mol. The van der Waals surface area contributed by atoms with E-state index in [0.29, 0.717) is 0 Å². The van der Waals surface area contributed by atoms with Gasteiger partial charge in [-0.15, -0.1) is 0 Å². The van der Waals surface area contributed by atoms with Gasteiger partial charge >= 0.3 is 0 Å². The molecular weight excluding hydrogens is 218 g/mol. The van der Waals surface area contributed by atoms with Gasteiger partial charge in [0.05, 0.1) is 0 Å². The predicted molar refractivity (Wildman–Crippen MR) is 82.0 cm³/mol. The van der Waals surface area contributed by atoms with Crippen molar-refractivity contribution in [3.05, 3.63) is 0 Å². The Kier molecular flexibility index (Phi) is 9.65. The minimum Gasteiger partial charge on any atom is -0.316 e. The molecule has 1 aliphatic heterocycles. The minimum atomic E-state index is 0.983. The monoisotopic (exact) mass is 253 g/mol. The first-order valence-corrected chi connectivity index (χ1v) is 8.59. The number of piperidine rings is 1. The van der Waals surface area contributed by atoms with E-state index in [1.807, 2.05) is 0 Å². The molecule has 0 radical (unpaired) electrons. The number of nitrogens with one attached hydrogen (secondary N) is 1. The minimum absolute atomic E-state index is 0.983. The third-order valence-electron chi connectivity index (χ3n) is 4.61. The Balaban J connectivity index is 2.21. The van der Waals surface area contributed by atoms with Crippen LogP contribution in [0.4, 0.5) is 0 Å². The number of hydrogen-bond donors (Lipinski definition) is 1. The summed E-state index contributed by atoms with van der Waals surface area (Å²) in [5, 5.41) is 3.60. The van der Waals surface area contributed by atoms with Crippen LogP contribution in [-0.2, 0) is 0 Å². The fourth-order valence-corrected chi connectivity index (χ4v) is 3.37. The van der Waals surface area contributed by atoms with Gasteiger partial charge in [-0.1, -0.05) is 71.6 Å². The molecule has 1 heterocycles. The van der Waals surface area contributed by atoms with Crippen LogP contribution < -0.4 is 5.32 Å². The van der Waals surface area contributed by atoms with Gasteiger partial charge in [0.25, 0.3) is 0 Å². The first-order valence-electron chi connectivity index (χ1n) is 8.59. The third kappa shape index (κ3) is 6.78. The lowest BCUT2D eigenvalue weighted by atomic mass is 9.80. The summed E-state index contributed by atoms with van der Waals surface area (Å²) in [7, 11) is 0. The van der Waals surface area contributed by atoms with Crippen molar-refractivity contribution in [1.29, 1.82) is 0 Å². The Labute approximate surface area is 115 Å². The lowest BCUT2D eigenvalue weighted by molar-refractivity contribution is 0.229. The second kappa shape index (κ2) is 10.8. The van der Waals surface area contributed by atoms with Gasteiger partial charge in [-0.25, -0.2) is 0 Å². The molecule has 18 heavy (non-hydrogen) atoms. The summed E-state index contributed by atoms with van der Waals surface area (Å²) in [5.41, 5.74) is 0. The van der Waals surface area contributed by atoms with E-state index in [0.717, 1.165) is 11.8 Å². The van der Waals surface area contributed by atoms with E-state index in [1.54, 1.807) is 0 Å². The molecule has 0 amide bonds. The van der Waals surface area contributed by atoms with E-state index in [1.165, 1.54) is 83.7 Å². The van der Waals surface area contributed by atoms with Crippen LogP contribution in [0.3, 0.4) is 0 Å². The van der Waals surface area contributed by atoms with Crippen LogP contribution in [0, 0.1) is 11.8 Å². The van der Waals surface area contributed by atoms with Crippen LogP contribution in [0.1, 0.15) is 84.5 Å². The number of unbranched alkanes of at least 4 members (excludes halogenated alkanes) is 5. The zero-order valence-electron chi connectivity index (χ0n) is 12.8. The molecule has 1 heteroatoms. The van der Waals surface area contributed by atoms with Crippen molar-refractivity contribution in [1.82, 2.24) is 5.32 Å². The smallest absolute Gasteiger partial charge is 0.00179 e. The molecule has 1 N–H and O–H groups in total. The first-order chi connectivity index (χ1) is 8.88. The van der Waals surface area contributed by atoms with Crippen molar-refractivity contribution in [2.45, 2.75) is 84.5 Å². The molecule has 1 saturated heterocycles. The Bertz CT molecular complexity index is 172. The first kappa shape index (κ1) is 16.0. The van der Waals surface area contributed by atoms with E-state index in [4.69, 9.17) is 0 Å². The molecule has 1 nitrogen and oxygen atoms in total. The lowest BCUT2D eigenvalue weighted by Crippen LogP contribution is -2.34. The zero-order valence-corrected chi connectivity index (χ0v) is 12.8. The highest BCUT2D eigenvalue weighted by atomic mass is 14.9. The quantitative estimate of drug-likeness (QED) is 0.531. The number of hydrogen-bond acceptors (Lipinski definition) is 1. The van der Waals surface area contributed by atoms with Crippen molar-refractivity contribution in [2.24, 2.45) is 11.8 Å². The molecule has 108 valence electrons. The molecule has 1 aliphatic rings. The maximum absolute atomic E-state index is 3.60. The Hall–Kier alpha value is -0.0400. The van der Waals surface area contributed by atoms with E-state index < -0.39 is 0 Å². The summed E-state index contributed by atoms with van der Waals surface area (Å²) in [6, 6.07) is 0. The van der Waals surface area contributed by atoms with Gasteiger partial charge in [0, 0.05) is 0 Å². The summed E-state index contributed by atoms with van der Waals surface area (Å²) >= 11 is 0. The Morgan fingerprint density at radius 2 is 1.67 bits per heavy atom. The lowest BCUT2D eigenvalue weighted by Gasteiger charge is -2.31. The molecule has 0 saturated carbocycles. The van der Waals surface area contributed by atoms with E-state index in [9.17, 15) is 0 Å². The Morgan fingerprint density at radius 3 is 2.33 bits per heavy atom. The van der Waals surface area contributed by atoms with Crippen LogP contribution in [-0.4, -0.2) is 13.1 Å². The topological polar surface area (TPSA) is 12.0 Å². The standard InChI is InChI=1S/C17H35N/c1-3-5-7-8-9-12-16(11-6-4-2)17-13-10-14-18-15-17/h16-18H,3-15H2,1-2H3. The van der Waals surface area contributed by atoms with Gasteiger partial charge in [-0.2, -0.15) is 0 Å². The van der Waals surface area contributed by atoms with Crippen molar-refractivity contribution >= 4 is 0 Å². The van der Waals surface area contributed by atoms with Crippen molar-refractivity contribution in [3.63, 3.8) is 0 Å². The normalized spacial score (nSPS) is 22.0. The summed E-state index contributed by atoms with van der Waals surface area (Å²) in [4.78, 5) is 0. The van der Waals surface area contributed by atoms with Gasteiger partial charge in [-0.05, 0) is 37.8 Å². The molecule has 0 aromatic rings. The molecule has 1 fully saturated rings. The van der Waals surface area contributed by atoms with Crippen molar-refractivity contribution in [3.8, 4) is 0 Å². The highest BCUT2D eigenvalue weighted by Crippen LogP contribution is 2.29. The highest BCUT2D eigenvalue weighted by molar-refractivity contribution is 4.76. The van der Waals surface area contributed by atoms with Crippen LogP contribution in [0.2, 0.25) is 0 Å². The summed E-state index contributed by atoms with van der Waals surface area (Å²) in [6.45, 7) is 7.19. The van der Waals surface area contributed by atoms with Crippen LogP contribution in [0.5, 0.6) is 0 Å². The highest BCUT2D eigenvalue weighted by Gasteiger charge is 2.22. The van der Waals surface area contributed by atoms with E-state index in [-0.39, 0.29) is 0 Å². The maximum Gasteiger partial charge on any atom is -0.00179 e. The molecule has 0 bridgehead atoms. The van der Waals surface area contributed by atoms with Gasteiger partial charge < -0.3 is 5.32 Å².